The van der Waals surface area contributed by atoms with Crippen LogP contribution in [0.25, 0.3) is 6.08 Å². The van der Waals surface area contributed by atoms with Crippen molar-refractivity contribution in [3.8, 4) is 0 Å². The average Bonchev–Trinajstić information content (AvgIpc) is 2.43. The Bertz CT molecular complexity index is 501. The molecular formula is C16H21NO3. The number of benzene rings is 1. The van der Waals surface area contributed by atoms with E-state index in [2.05, 4.69) is 26.1 Å². The van der Waals surface area contributed by atoms with Crippen molar-refractivity contribution in [2.45, 2.75) is 27.2 Å². The van der Waals surface area contributed by atoms with Gasteiger partial charge in [-0.1, -0.05) is 32.9 Å². The van der Waals surface area contributed by atoms with Gasteiger partial charge < -0.3 is 10.4 Å². The summed E-state index contributed by atoms with van der Waals surface area (Å²) in [4.78, 5) is 22.4. The molecule has 1 aromatic carbocycles. The second kappa shape index (κ2) is 6.89. The number of hydrogen-bond acceptors (Lipinski definition) is 2. The van der Waals surface area contributed by atoms with Crippen molar-refractivity contribution >= 4 is 18.0 Å². The molecule has 0 heterocycles. The molecule has 0 saturated heterocycles. The quantitative estimate of drug-likeness (QED) is 0.784. The summed E-state index contributed by atoms with van der Waals surface area (Å²) >= 11 is 0. The molecule has 1 amide bonds. The van der Waals surface area contributed by atoms with Gasteiger partial charge in [0.15, 0.2) is 0 Å². The average molecular weight is 275 g/mol. The molecule has 0 spiro atoms. The van der Waals surface area contributed by atoms with Crippen molar-refractivity contribution in [3.63, 3.8) is 0 Å². The zero-order valence-electron chi connectivity index (χ0n) is 12.1. The van der Waals surface area contributed by atoms with Crippen molar-refractivity contribution in [1.29, 1.82) is 0 Å². The Hall–Kier alpha value is -2.10. The number of nitrogens with one attached hydrogen (secondary N) is 1. The summed E-state index contributed by atoms with van der Waals surface area (Å²) in [5.41, 5.74) is 1.40. The zero-order chi connectivity index (χ0) is 15.2. The first-order valence-electron chi connectivity index (χ1n) is 6.63. The molecule has 0 aliphatic rings. The fourth-order valence-corrected chi connectivity index (χ4v) is 1.46. The molecule has 20 heavy (non-hydrogen) atoms. The molecule has 0 fully saturated rings. The molecule has 4 heteroatoms. The van der Waals surface area contributed by atoms with E-state index in [0.29, 0.717) is 12.1 Å². The van der Waals surface area contributed by atoms with Gasteiger partial charge in [0, 0.05) is 18.2 Å². The predicted molar refractivity (Wildman–Crippen MR) is 79.5 cm³/mol. The van der Waals surface area contributed by atoms with E-state index in [1.54, 1.807) is 24.3 Å². The number of carbonyl (C=O) groups is 2. The molecule has 0 aliphatic carbocycles. The van der Waals surface area contributed by atoms with Crippen molar-refractivity contribution < 1.29 is 14.7 Å². The van der Waals surface area contributed by atoms with Gasteiger partial charge in [-0.25, -0.2) is 4.79 Å². The fraction of sp³-hybridized carbons (Fsp3) is 0.375. The minimum Gasteiger partial charge on any atom is -0.478 e. The van der Waals surface area contributed by atoms with Crippen molar-refractivity contribution in [2.75, 3.05) is 6.54 Å². The Morgan fingerprint density at radius 2 is 1.85 bits per heavy atom. The number of hydrogen-bond donors (Lipinski definition) is 2. The van der Waals surface area contributed by atoms with Gasteiger partial charge in [0.05, 0.1) is 0 Å². The van der Waals surface area contributed by atoms with Gasteiger partial charge in [0.2, 0.25) is 0 Å². The van der Waals surface area contributed by atoms with E-state index in [0.717, 1.165) is 18.1 Å². The Morgan fingerprint density at radius 1 is 1.25 bits per heavy atom. The highest BCUT2D eigenvalue weighted by Gasteiger charge is 2.16. The summed E-state index contributed by atoms with van der Waals surface area (Å²) in [5.74, 6) is -1.10. The van der Waals surface area contributed by atoms with E-state index in [-0.39, 0.29) is 11.3 Å². The minimum atomic E-state index is -0.992. The van der Waals surface area contributed by atoms with Crippen LogP contribution in [0.4, 0.5) is 0 Å². The van der Waals surface area contributed by atoms with Gasteiger partial charge in [-0.3, -0.25) is 4.79 Å². The van der Waals surface area contributed by atoms with E-state index < -0.39 is 5.97 Å². The highest BCUT2D eigenvalue weighted by molar-refractivity contribution is 5.94. The number of carboxylic acid groups (broad SMARTS) is 1. The van der Waals surface area contributed by atoms with Gasteiger partial charge in [-0.05, 0) is 35.6 Å². The standard InChI is InChI=1S/C16H21NO3/c1-4-16(2,3)11-17-15(20)13-8-5-12(6-9-13)7-10-14(18)19/h5-10H,4,11H2,1-3H3,(H,17,20)(H,18,19)/b10-7+. The first kappa shape index (κ1) is 16.0. The number of carbonyl (C=O) groups excluding carboxylic acids is 1. The molecule has 2 N–H and O–H groups in total. The third-order valence-electron chi connectivity index (χ3n) is 3.28. The summed E-state index contributed by atoms with van der Waals surface area (Å²) in [7, 11) is 0. The molecule has 0 unspecified atom stereocenters. The Morgan fingerprint density at radius 3 is 2.35 bits per heavy atom. The lowest BCUT2D eigenvalue weighted by molar-refractivity contribution is -0.131. The lowest BCUT2D eigenvalue weighted by Crippen LogP contribution is -2.33. The van der Waals surface area contributed by atoms with Crippen LogP contribution in [0.2, 0.25) is 0 Å². The molecule has 0 atom stereocenters. The predicted octanol–water partition coefficient (Wildman–Crippen LogP) is 2.95. The minimum absolute atomic E-state index is 0.0832. The molecule has 1 aromatic rings. The molecule has 1 rings (SSSR count). The Labute approximate surface area is 119 Å². The maximum atomic E-state index is 12.0. The first-order valence-corrected chi connectivity index (χ1v) is 6.63. The van der Waals surface area contributed by atoms with Crippen LogP contribution in [0.15, 0.2) is 30.3 Å². The van der Waals surface area contributed by atoms with Crippen molar-refractivity contribution in [1.82, 2.24) is 5.32 Å². The van der Waals surface area contributed by atoms with Crippen LogP contribution >= 0.6 is 0 Å². The van der Waals surface area contributed by atoms with Crippen LogP contribution < -0.4 is 5.32 Å². The van der Waals surface area contributed by atoms with Gasteiger partial charge in [0.1, 0.15) is 0 Å². The largest absolute Gasteiger partial charge is 0.478 e. The van der Waals surface area contributed by atoms with Crippen LogP contribution in [0.3, 0.4) is 0 Å². The second-order valence-electron chi connectivity index (χ2n) is 5.49. The van der Waals surface area contributed by atoms with Crippen LogP contribution in [0.5, 0.6) is 0 Å². The van der Waals surface area contributed by atoms with E-state index in [9.17, 15) is 9.59 Å². The monoisotopic (exact) mass is 275 g/mol. The molecule has 108 valence electrons. The third-order valence-corrected chi connectivity index (χ3v) is 3.28. The maximum absolute atomic E-state index is 12.0. The van der Waals surface area contributed by atoms with E-state index in [1.807, 2.05) is 0 Å². The van der Waals surface area contributed by atoms with Crippen LogP contribution in [-0.4, -0.2) is 23.5 Å². The zero-order valence-corrected chi connectivity index (χ0v) is 12.1. The topological polar surface area (TPSA) is 66.4 Å². The Kier molecular flexibility index (Phi) is 5.50. The smallest absolute Gasteiger partial charge is 0.328 e. The summed E-state index contributed by atoms with van der Waals surface area (Å²) in [6, 6.07) is 6.82. The lowest BCUT2D eigenvalue weighted by Gasteiger charge is -2.22. The van der Waals surface area contributed by atoms with E-state index >= 15 is 0 Å². The van der Waals surface area contributed by atoms with E-state index in [4.69, 9.17) is 5.11 Å². The summed E-state index contributed by atoms with van der Waals surface area (Å²) < 4.78 is 0. The highest BCUT2D eigenvalue weighted by atomic mass is 16.4. The lowest BCUT2D eigenvalue weighted by atomic mass is 9.90. The number of aliphatic carboxylic acids is 1. The molecule has 0 radical (unpaired) electrons. The Balaban J connectivity index is 2.64. The van der Waals surface area contributed by atoms with Crippen LogP contribution in [0.1, 0.15) is 43.1 Å². The third kappa shape index (κ3) is 5.26. The summed E-state index contributed by atoms with van der Waals surface area (Å²) in [5, 5.41) is 11.4. The van der Waals surface area contributed by atoms with E-state index in [1.165, 1.54) is 6.08 Å². The number of amides is 1. The molecular weight excluding hydrogens is 254 g/mol. The van der Waals surface area contributed by atoms with Gasteiger partial charge in [-0.2, -0.15) is 0 Å². The SMILES string of the molecule is CCC(C)(C)CNC(=O)c1ccc(/C=C/C(=O)O)cc1. The fourth-order valence-electron chi connectivity index (χ4n) is 1.46. The van der Waals surface area contributed by atoms with Crippen LogP contribution in [0, 0.1) is 5.41 Å². The first-order chi connectivity index (χ1) is 9.34. The molecule has 4 nitrogen and oxygen atoms in total. The molecule has 0 aromatic heterocycles. The summed E-state index contributed by atoms with van der Waals surface area (Å²) in [6.45, 7) is 6.93. The molecule has 0 saturated carbocycles. The van der Waals surface area contributed by atoms with Crippen molar-refractivity contribution in [3.05, 3.63) is 41.5 Å². The number of rotatable bonds is 6. The molecule has 0 aliphatic heterocycles. The maximum Gasteiger partial charge on any atom is 0.328 e. The van der Waals surface area contributed by atoms with Gasteiger partial charge in [-0.15, -0.1) is 0 Å². The highest BCUT2D eigenvalue weighted by Crippen LogP contribution is 2.18. The summed E-state index contributed by atoms with van der Waals surface area (Å²) in [6.07, 6.45) is 3.55. The molecule has 0 bridgehead atoms. The van der Waals surface area contributed by atoms with Crippen molar-refractivity contribution in [2.24, 2.45) is 5.41 Å². The van der Waals surface area contributed by atoms with Gasteiger partial charge in [0.25, 0.3) is 5.91 Å². The van der Waals surface area contributed by atoms with Gasteiger partial charge >= 0.3 is 5.97 Å². The van der Waals surface area contributed by atoms with Crippen LogP contribution in [-0.2, 0) is 4.79 Å². The normalized spacial score (nSPS) is 11.6. The second-order valence-corrected chi connectivity index (χ2v) is 5.49. The number of carboxylic acids is 1.